The summed E-state index contributed by atoms with van der Waals surface area (Å²) in [6.07, 6.45) is 4.98. The second kappa shape index (κ2) is 8.28. The number of nitrogens with zero attached hydrogens (tertiary/aromatic N) is 3. The van der Waals surface area contributed by atoms with Crippen LogP contribution in [0.2, 0.25) is 0 Å². The SMILES string of the molecule is CCCNc1nc(C(C)(C)C)nc2c1CCC21CCCN(C(=O)CNC(C)=O)C1. The Labute approximate surface area is 174 Å². The predicted molar refractivity (Wildman–Crippen MR) is 114 cm³/mol. The van der Waals surface area contributed by atoms with Gasteiger partial charge >= 0.3 is 0 Å². The second-order valence-corrected chi connectivity index (χ2v) is 9.51. The number of fused-ring (bicyclic) bond motifs is 2. The molecule has 2 amide bonds. The van der Waals surface area contributed by atoms with E-state index >= 15 is 0 Å². The average Bonchev–Trinajstić information content (AvgIpc) is 3.01. The Hall–Kier alpha value is -2.18. The van der Waals surface area contributed by atoms with Gasteiger partial charge in [-0.25, -0.2) is 9.97 Å². The maximum Gasteiger partial charge on any atom is 0.241 e. The molecule has 1 spiro atoms. The summed E-state index contributed by atoms with van der Waals surface area (Å²) in [6.45, 7) is 12.4. The van der Waals surface area contributed by atoms with Gasteiger partial charge in [0.05, 0.1) is 12.2 Å². The van der Waals surface area contributed by atoms with Gasteiger partial charge in [0.2, 0.25) is 11.8 Å². The van der Waals surface area contributed by atoms with Crippen LogP contribution in [0.3, 0.4) is 0 Å². The fourth-order valence-electron chi connectivity index (χ4n) is 4.42. The van der Waals surface area contributed by atoms with Crippen LogP contribution in [0.1, 0.15) is 77.4 Å². The monoisotopic (exact) mass is 401 g/mol. The molecular weight excluding hydrogens is 366 g/mol. The summed E-state index contributed by atoms with van der Waals surface area (Å²) in [5.41, 5.74) is 2.11. The zero-order valence-corrected chi connectivity index (χ0v) is 18.5. The highest BCUT2D eigenvalue weighted by Gasteiger charge is 2.46. The molecule has 1 saturated heterocycles. The van der Waals surface area contributed by atoms with E-state index in [1.54, 1.807) is 0 Å². The number of carbonyl (C=O) groups is 2. The van der Waals surface area contributed by atoms with E-state index < -0.39 is 0 Å². The number of hydrogen-bond donors (Lipinski definition) is 2. The van der Waals surface area contributed by atoms with Gasteiger partial charge in [0, 0.05) is 43.0 Å². The molecule has 0 bridgehead atoms. The number of aromatic nitrogens is 2. The molecule has 1 aromatic rings. The van der Waals surface area contributed by atoms with Crippen LogP contribution in [0, 0.1) is 0 Å². The molecule has 2 aliphatic rings. The first-order valence-corrected chi connectivity index (χ1v) is 10.8. The third-order valence-corrected chi connectivity index (χ3v) is 5.99. The van der Waals surface area contributed by atoms with Gasteiger partial charge in [-0.15, -0.1) is 0 Å². The highest BCUT2D eigenvalue weighted by molar-refractivity contribution is 5.83. The number of nitrogens with one attached hydrogen (secondary N) is 2. The Kier molecular flexibility index (Phi) is 6.15. The number of likely N-dealkylation sites (tertiary alicyclic amines) is 1. The van der Waals surface area contributed by atoms with Crippen LogP contribution in [0.4, 0.5) is 5.82 Å². The minimum Gasteiger partial charge on any atom is -0.370 e. The fourth-order valence-corrected chi connectivity index (χ4v) is 4.42. The van der Waals surface area contributed by atoms with E-state index in [0.29, 0.717) is 6.54 Å². The Morgan fingerprint density at radius 3 is 2.62 bits per heavy atom. The van der Waals surface area contributed by atoms with Crippen LogP contribution in [-0.2, 0) is 26.8 Å². The second-order valence-electron chi connectivity index (χ2n) is 9.51. The van der Waals surface area contributed by atoms with Gasteiger partial charge in [0.25, 0.3) is 0 Å². The van der Waals surface area contributed by atoms with Crippen molar-refractivity contribution in [3.8, 4) is 0 Å². The molecule has 1 aliphatic carbocycles. The predicted octanol–water partition coefficient (Wildman–Crippen LogP) is 2.54. The van der Waals surface area contributed by atoms with E-state index in [0.717, 1.165) is 62.5 Å². The van der Waals surface area contributed by atoms with Gasteiger partial charge in [-0.05, 0) is 32.1 Å². The van der Waals surface area contributed by atoms with Crippen molar-refractivity contribution in [3.63, 3.8) is 0 Å². The third kappa shape index (κ3) is 4.54. The van der Waals surface area contributed by atoms with E-state index in [9.17, 15) is 9.59 Å². The van der Waals surface area contributed by atoms with Crippen molar-refractivity contribution in [2.24, 2.45) is 0 Å². The molecule has 3 rings (SSSR count). The van der Waals surface area contributed by atoms with Crippen molar-refractivity contribution in [1.29, 1.82) is 0 Å². The summed E-state index contributed by atoms with van der Waals surface area (Å²) in [4.78, 5) is 35.7. The summed E-state index contributed by atoms with van der Waals surface area (Å²) < 4.78 is 0. The molecule has 0 aromatic carbocycles. The maximum absolute atomic E-state index is 12.7. The largest absolute Gasteiger partial charge is 0.370 e. The van der Waals surface area contributed by atoms with E-state index in [4.69, 9.17) is 9.97 Å². The van der Waals surface area contributed by atoms with Crippen molar-refractivity contribution < 1.29 is 9.59 Å². The van der Waals surface area contributed by atoms with Gasteiger partial charge in [-0.3, -0.25) is 9.59 Å². The number of rotatable bonds is 5. The van der Waals surface area contributed by atoms with Crippen LogP contribution in [0.5, 0.6) is 0 Å². The first-order chi connectivity index (χ1) is 13.7. The van der Waals surface area contributed by atoms with Crippen molar-refractivity contribution in [3.05, 3.63) is 17.1 Å². The molecule has 0 saturated carbocycles. The van der Waals surface area contributed by atoms with Crippen LogP contribution >= 0.6 is 0 Å². The molecule has 7 nitrogen and oxygen atoms in total. The molecule has 0 radical (unpaired) electrons. The van der Waals surface area contributed by atoms with Gasteiger partial charge in [0.1, 0.15) is 11.6 Å². The molecule has 2 heterocycles. The summed E-state index contributed by atoms with van der Waals surface area (Å²) >= 11 is 0. The van der Waals surface area contributed by atoms with E-state index in [2.05, 4.69) is 38.3 Å². The molecule has 1 atom stereocenters. The van der Waals surface area contributed by atoms with Gasteiger partial charge in [-0.1, -0.05) is 27.7 Å². The van der Waals surface area contributed by atoms with Crippen LogP contribution < -0.4 is 10.6 Å². The molecule has 7 heteroatoms. The third-order valence-electron chi connectivity index (χ3n) is 5.99. The smallest absolute Gasteiger partial charge is 0.241 e. The molecule has 2 N–H and O–H groups in total. The van der Waals surface area contributed by atoms with E-state index in [-0.39, 0.29) is 29.2 Å². The molecule has 1 fully saturated rings. The first kappa shape index (κ1) is 21.5. The minimum atomic E-state index is -0.175. The molecule has 1 unspecified atom stereocenters. The van der Waals surface area contributed by atoms with Gasteiger partial charge in [-0.2, -0.15) is 0 Å². The fraction of sp³-hybridized carbons (Fsp3) is 0.727. The lowest BCUT2D eigenvalue weighted by molar-refractivity contribution is -0.134. The summed E-state index contributed by atoms with van der Waals surface area (Å²) in [6, 6.07) is 0. The van der Waals surface area contributed by atoms with Crippen LogP contribution in [0.15, 0.2) is 0 Å². The molecular formula is C22H35N5O2. The van der Waals surface area contributed by atoms with Gasteiger partial charge < -0.3 is 15.5 Å². The first-order valence-electron chi connectivity index (χ1n) is 10.8. The van der Waals surface area contributed by atoms with Crippen molar-refractivity contribution >= 4 is 17.6 Å². The highest BCUT2D eigenvalue weighted by atomic mass is 16.2. The lowest BCUT2D eigenvalue weighted by Gasteiger charge is -2.41. The topological polar surface area (TPSA) is 87.2 Å². The Bertz CT molecular complexity index is 786. The number of amides is 2. The lowest BCUT2D eigenvalue weighted by Crippen LogP contribution is -2.50. The summed E-state index contributed by atoms with van der Waals surface area (Å²) in [5.74, 6) is 1.64. The average molecular weight is 402 g/mol. The Balaban J connectivity index is 1.93. The lowest BCUT2D eigenvalue weighted by atomic mass is 9.77. The van der Waals surface area contributed by atoms with E-state index in [1.165, 1.54) is 12.5 Å². The number of hydrogen-bond acceptors (Lipinski definition) is 5. The normalized spacial score (nSPS) is 21.2. The van der Waals surface area contributed by atoms with Crippen LogP contribution in [0.25, 0.3) is 0 Å². The van der Waals surface area contributed by atoms with Crippen molar-refractivity contribution in [2.75, 3.05) is 31.5 Å². The van der Waals surface area contributed by atoms with E-state index in [1.807, 2.05) is 4.90 Å². The zero-order valence-electron chi connectivity index (χ0n) is 18.5. The summed E-state index contributed by atoms with van der Waals surface area (Å²) in [5, 5.41) is 6.15. The minimum absolute atomic E-state index is 0.0119. The number of anilines is 1. The maximum atomic E-state index is 12.7. The van der Waals surface area contributed by atoms with Crippen molar-refractivity contribution in [1.82, 2.24) is 20.2 Å². The molecule has 1 aromatic heterocycles. The number of carbonyl (C=O) groups excluding carboxylic acids is 2. The molecule has 160 valence electrons. The molecule has 1 aliphatic heterocycles. The number of piperidine rings is 1. The standard InChI is InChI=1S/C22H35N5O2/c1-6-11-23-19-16-8-10-22(18(16)25-20(26-19)21(3,4)5)9-7-12-27(14-22)17(29)13-24-15(2)28/h6-14H2,1-5H3,(H,24,28)(H,23,25,26). The zero-order chi connectivity index (χ0) is 21.2. The Morgan fingerprint density at radius 1 is 1.21 bits per heavy atom. The summed E-state index contributed by atoms with van der Waals surface area (Å²) in [7, 11) is 0. The molecule has 29 heavy (non-hydrogen) atoms. The highest BCUT2D eigenvalue weighted by Crippen LogP contribution is 2.46. The van der Waals surface area contributed by atoms with Crippen molar-refractivity contribution in [2.45, 2.75) is 77.6 Å². The Morgan fingerprint density at radius 2 is 1.97 bits per heavy atom. The van der Waals surface area contributed by atoms with Gasteiger partial charge in [0.15, 0.2) is 0 Å². The van der Waals surface area contributed by atoms with Crippen LogP contribution in [-0.4, -0.2) is 52.9 Å². The quantitative estimate of drug-likeness (QED) is 0.792.